The van der Waals surface area contributed by atoms with E-state index < -0.39 is 0 Å². The summed E-state index contributed by atoms with van der Waals surface area (Å²) in [6.07, 6.45) is 3.09. The molecule has 16 heavy (non-hydrogen) atoms. The molecule has 1 aliphatic rings. The van der Waals surface area contributed by atoms with E-state index in [9.17, 15) is 0 Å². The fourth-order valence-electron chi connectivity index (χ4n) is 1.59. The summed E-state index contributed by atoms with van der Waals surface area (Å²) in [5.41, 5.74) is 0.543. The van der Waals surface area contributed by atoms with Gasteiger partial charge in [0, 0.05) is 12.0 Å². The molecular weight excluding hydrogens is 201 g/mol. The molecule has 0 bridgehead atoms. The molecule has 0 aromatic rings. The molecular formula is C12H22BNO2. The zero-order chi connectivity index (χ0) is 12.6. The topological polar surface area (TPSA) is 42.3 Å². The maximum absolute atomic E-state index is 7.07. The number of rotatable bonds is 3. The third kappa shape index (κ3) is 2.38. The van der Waals surface area contributed by atoms with Crippen LogP contribution in [0.4, 0.5) is 0 Å². The molecule has 90 valence electrons. The fraction of sp³-hybridized carbons (Fsp3) is 0.750. The van der Waals surface area contributed by atoms with E-state index in [1.807, 2.05) is 6.92 Å². The Morgan fingerprint density at radius 2 is 1.62 bits per heavy atom. The predicted molar refractivity (Wildman–Crippen MR) is 68.0 cm³/mol. The summed E-state index contributed by atoms with van der Waals surface area (Å²) in [6, 6.07) is 0. The van der Waals surface area contributed by atoms with Crippen LogP contribution in [0.25, 0.3) is 0 Å². The van der Waals surface area contributed by atoms with Crippen LogP contribution in [0.3, 0.4) is 0 Å². The number of hydrogen-bond donors (Lipinski definition) is 1. The standard InChI is InChI=1S/C12H22BNO2/c1-9(7-8-14)10(2)13-15-11(3,4)12(5,6)16-13/h7-8,10,14H,1-6H3/b9-7+,14-8?/t10-/m1/s1. The van der Waals surface area contributed by atoms with Crippen LogP contribution in [0.15, 0.2) is 11.6 Å². The maximum atomic E-state index is 7.07. The van der Waals surface area contributed by atoms with Crippen molar-refractivity contribution in [2.45, 2.75) is 58.6 Å². The summed E-state index contributed by atoms with van der Waals surface area (Å²) in [7, 11) is -0.221. The van der Waals surface area contributed by atoms with Crippen LogP contribution in [0.5, 0.6) is 0 Å². The van der Waals surface area contributed by atoms with Gasteiger partial charge in [-0.05, 0) is 40.7 Å². The molecule has 0 aromatic heterocycles. The fourth-order valence-corrected chi connectivity index (χ4v) is 1.59. The Hall–Kier alpha value is -0.605. The molecule has 3 nitrogen and oxygen atoms in total. The van der Waals surface area contributed by atoms with Crippen LogP contribution in [0.2, 0.25) is 5.82 Å². The van der Waals surface area contributed by atoms with E-state index in [1.54, 1.807) is 6.08 Å². The van der Waals surface area contributed by atoms with Gasteiger partial charge in [-0.1, -0.05) is 12.5 Å². The third-order valence-electron chi connectivity index (χ3n) is 3.74. The Labute approximate surface area is 98.9 Å². The van der Waals surface area contributed by atoms with Crippen molar-refractivity contribution in [1.82, 2.24) is 0 Å². The summed E-state index contributed by atoms with van der Waals surface area (Å²) < 4.78 is 11.9. The van der Waals surface area contributed by atoms with Gasteiger partial charge in [-0.15, -0.1) is 0 Å². The van der Waals surface area contributed by atoms with E-state index >= 15 is 0 Å². The summed E-state index contributed by atoms with van der Waals surface area (Å²) in [5.74, 6) is 0.169. The Kier molecular flexibility index (Phi) is 3.65. The van der Waals surface area contributed by atoms with Gasteiger partial charge in [0.05, 0.1) is 11.2 Å². The van der Waals surface area contributed by atoms with Crippen molar-refractivity contribution in [2.75, 3.05) is 0 Å². The summed E-state index contributed by atoms with van der Waals surface area (Å²) in [5, 5.41) is 7.07. The van der Waals surface area contributed by atoms with E-state index in [0.717, 1.165) is 5.57 Å². The van der Waals surface area contributed by atoms with Gasteiger partial charge >= 0.3 is 7.12 Å². The first-order valence-corrected chi connectivity index (χ1v) is 5.74. The monoisotopic (exact) mass is 223 g/mol. The van der Waals surface area contributed by atoms with Crippen molar-refractivity contribution in [3.05, 3.63) is 11.6 Å². The van der Waals surface area contributed by atoms with E-state index in [0.29, 0.717) is 0 Å². The molecule has 1 rings (SSSR count). The van der Waals surface area contributed by atoms with Crippen LogP contribution in [0, 0.1) is 5.41 Å². The molecule has 0 unspecified atom stereocenters. The lowest BCUT2D eigenvalue weighted by Gasteiger charge is -2.32. The summed E-state index contributed by atoms with van der Waals surface area (Å²) in [4.78, 5) is 0. The molecule has 0 amide bonds. The lowest BCUT2D eigenvalue weighted by molar-refractivity contribution is 0.00578. The van der Waals surface area contributed by atoms with Crippen molar-refractivity contribution in [3.8, 4) is 0 Å². The molecule has 1 aliphatic heterocycles. The highest BCUT2D eigenvalue weighted by Crippen LogP contribution is 2.41. The van der Waals surface area contributed by atoms with Gasteiger partial charge in [-0.25, -0.2) is 0 Å². The van der Waals surface area contributed by atoms with Gasteiger partial charge in [0.25, 0.3) is 0 Å². The van der Waals surface area contributed by atoms with Crippen LogP contribution < -0.4 is 0 Å². The third-order valence-corrected chi connectivity index (χ3v) is 3.74. The normalized spacial score (nSPS) is 25.6. The molecule has 0 saturated carbocycles. The predicted octanol–water partition coefficient (Wildman–Crippen LogP) is 3.06. The highest BCUT2D eigenvalue weighted by Gasteiger charge is 2.52. The van der Waals surface area contributed by atoms with E-state index in [1.165, 1.54) is 6.21 Å². The molecule has 4 heteroatoms. The van der Waals surface area contributed by atoms with Gasteiger partial charge in [-0.3, -0.25) is 0 Å². The first-order chi connectivity index (χ1) is 7.21. The molecule has 1 saturated heterocycles. The summed E-state index contributed by atoms with van der Waals surface area (Å²) >= 11 is 0. The van der Waals surface area contributed by atoms with Gasteiger partial charge < -0.3 is 14.7 Å². The van der Waals surface area contributed by atoms with E-state index in [2.05, 4.69) is 34.6 Å². The quantitative estimate of drug-likeness (QED) is 0.590. The Morgan fingerprint density at radius 1 is 1.19 bits per heavy atom. The second kappa shape index (κ2) is 4.34. The van der Waals surface area contributed by atoms with Crippen LogP contribution in [-0.4, -0.2) is 24.5 Å². The molecule has 0 radical (unpaired) electrons. The molecule has 0 aromatic carbocycles. The highest BCUT2D eigenvalue weighted by molar-refractivity contribution is 6.48. The number of allylic oxidation sites excluding steroid dienone is 2. The lowest BCUT2D eigenvalue weighted by Crippen LogP contribution is -2.41. The zero-order valence-corrected chi connectivity index (χ0v) is 11.1. The van der Waals surface area contributed by atoms with Crippen molar-refractivity contribution in [3.63, 3.8) is 0 Å². The lowest BCUT2D eigenvalue weighted by atomic mass is 9.69. The molecule has 0 aliphatic carbocycles. The van der Waals surface area contributed by atoms with Crippen LogP contribution in [0.1, 0.15) is 41.5 Å². The summed E-state index contributed by atoms with van der Waals surface area (Å²) in [6.45, 7) is 12.3. The smallest absolute Gasteiger partial charge is 0.403 e. The molecule has 1 fully saturated rings. The second-order valence-corrected chi connectivity index (χ2v) is 5.49. The molecule has 1 atom stereocenters. The second-order valence-electron chi connectivity index (χ2n) is 5.49. The Morgan fingerprint density at radius 3 is 2.00 bits per heavy atom. The minimum absolute atomic E-state index is 0.169. The number of hydrogen-bond acceptors (Lipinski definition) is 3. The Balaban J connectivity index is 2.80. The van der Waals surface area contributed by atoms with Gasteiger partial charge in [0.1, 0.15) is 0 Å². The Bertz CT molecular complexity index is 294. The molecule has 0 spiro atoms. The van der Waals surface area contributed by atoms with Crippen molar-refractivity contribution in [1.29, 1.82) is 5.41 Å². The number of nitrogens with one attached hydrogen (secondary N) is 1. The molecule has 1 N–H and O–H groups in total. The van der Waals surface area contributed by atoms with Gasteiger partial charge in [-0.2, -0.15) is 0 Å². The average Bonchev–Trinajstić information content (AvgIpc) is 2.35. The van der Waals surface area contributed by atoms with E-state index in [4.69, 9.17) is 14.7 Å². The maximum Gasteiger partial charge on any atom is 0.465 e. The van der Waals surface area contributed by atoms with Crippen molar-refractivity contribution >= 4 is 13.3 Å². The van der Waals surface area contributed by atoms with Crippen molar-refractivity contribution < 1.29 is 9.31 Å². The largest absolute Gasteiger partial charge is 0.465 e. The van der Waals surface area contributed by atoms with Gasteiger partial charge in [0.2, 0.25) is 0 Å². The minimum Gasteiger partial charge on any atom is -0.403 e. The first-order valence-electron chi connectivity index (χ1n) is 5.74. The molecule has 1 heterocycles. The first kappa shape index (κ1) is 13.5. The minimum atomic E-state index is -0.281. The zero-order valence-electron chi connectivity index (χ0n) is 11.1. The average molecular weight is 223 g/mol. The van der Waals surface area contributed by atoms with Crippen molar-refractivity contribution in [2.24, 2.45) is 0 Å². The van der Waals surface area contributed by atoms with E-state index in [-0.39, 0.29) is 24.1 Å². The van der Waals surface area contributed by atoms with Crippen LogP contribution in [-0.2, 0) is 9.31 Å². The van der Waals surface area contributed by atoms with Crippen LogP contribution >= 0.6 is 0 Å². The SMILES string of the molecule is C/C(=C\C=N)[C@@H](C)B1OC(C)(C)C(C)(C)O1. The van der Waals surface area contributed by atoms with Gasteiger partial charge in [0.15, 0.2) is 0 Å². The highest BCUT2D eigenvalue weighted by atomic mass is 16.7.